The highest BCUT2D eigenvalue weighted by Crippen LogP contribution is 2.33. The summed E-state index contributed by atoms with van der Waals surface area (Å²) in [5.74, 6) is 1.97. The van der Waals surface area contributed by atoms with Gasteiger partial charge >= 0.3 is 0 Å². The minimum Gasteiger partial charge on any atom is -0.317 e. The van der Waals surface area contributed by atoms with E-state index < -0.39 is 0 Å². The first-order valence-corrected chi connectivity index (χ1v) is 7.70. The normalized spacial score (nSPS) is 24.8. The second kappa shape index (κ2) is 9.70. The van der Waals surface area contributed by atoms with E-state index in [-0.39, 0.29) is 0 Å². The third kappa shape index (κ3) is 6.26. The van der Waals surface area contributed by atoms with Gasteiger partial charge in [-0.3, -0.25) is 0 Å². The van der Waals surface area contributed by atoms with Crippen molar-refractivity contribution in [2.75, 3.05) is 13.1 Å². The Bertz CT molecular complexity index is 188. The average Bonchev–Trinajstić information content (AvgIpc) is 2.37. The van der Waals surface area contributed by atoms with Crippen molar-refractivity contribution < 1.29 is 0 Å². The molecule has 0 aliphatic heterocycles. The molecular formula is C16H31N. The molecule has 0 saturated heterocycles. The molecule has 0 amide bonds. The molecule has 0 aromatic carbocycles. The number of nitrogens with one attached hydrogen (secondary N) is 1. The Balaban J connectivity index is 2.15. The predicted octanol–water partition coefficient (Wildman–Crippen LogP) is 4.54. The van der Waals surface area contributed by atoms with Gasteiger partial charge in [-0.1, -0.05) is 51.5 Å². The predicted molar refractivity (Wildman–Crippen MR) is 77.3 cm³/mol. The molecule has 1 nitrogen and oxygen atoms in total. The van der Waals surface area contributed by atoms with Crippen LogP contribution in [-0.2, 0) is 0 Å². The van der Waals surface area contributed by atoms with Crippen molar-refractivity contribution in [2.24, 2.45) is 11.8 Å². The number of allylic oxidation sites excluding steroid dienone is 1. The second-order valence-corrected chi connectivity index (χ2v) is 5.54. The van der Waals surface area contributed by atoms with Crippen LogP contribution in [0.15, 0.2) is 12.7 Å². The van der Waals surface area contributed by atoms with Crippen molar-refractivity contribution in [3.63, 3.8) is 0 Å². The van der Waals surface area contributed by atoms with Gasteiger partial charge in [0, 0.05) is 0 Å². The summed E-state index contributed by atoms with van der Waals surface area (Å²) in [6.45, 7) is 8.39. The highest BCUT2D eigenvalue weighted by molar-refractivity contribution is 4.77. The van der Waals surface area contributed by atoms with Gasteiger partial charge in [0.05, 0.1) is 0 Å². The molecule has 0 radical (unpaired) electrons. The molecule has 0 spiro atoms. The van der Waals surface area contributed by atoms with E-state index in [9.17, 15) is 0 Å². The molecule has 2 atom stereocenters. The van der Waals surface area contributed by atoms with E-state index in [1.165, 1.54) is 64.3 Å². The number of unbranched alkanes of at least 4 members (excludes halogenated alkanes) is 3. The molecule has 1 aliphatic rings. The van der Waals surface area contributed by atoms with Crippen molar-refractivity contribution >= 4 is 0 Å². The summed E-state index contributed by atoms with van der Waals surface area (Å²) >= 11 is 0. The van der Waals surface area contributed by atoms with Crippen LogP contribution in [-0.4, -0.2) is 13.1 Å². The van der Waals surface area contributed by atoms with Crippen molar-refractivity contribution in [1.82, 2.24) is 5.32 Å². The van der Waals surface area contributed by atoms with E-state index in [1.54, 1.807) is 0 Å². The van der Waals surface area contributed by atoms with E-state index in [1.807, 2.05) is 0 Å². The largest absolute Gasteiger partial charge is 0.317 e. The smallest absolute Gasteiger partial charge is 0.00180 e. The van der Waals surface area contributed by atoms with Crippen molar-refractivity contribution in [3.05, 3.63) is 12.7 Å². The quantitative estimate of drug-likeness (QED) is 0.458. The summed E-state index contributed by atoms with van der Waals surface area (Å²) < 4.78 is 0. The Labute approximate surface area is 108 Å². The molecule has 0 heterocycles. The summed E-state index contributed by atoms with van der Waals surface area (Å²) in [6.07, 6.45) is 14.8. The first kappa shape index (κ1) is 14.8. The van der Waals surface area contributed by atoms with Crippen molar-refractivity contribution in [3.8, 4) is 0 Å². The van der Waals surface area contributed by atoms with Crippen LogP contribution in [0.4, 0.5) is 0 Å². The van der Waals surface area contributed by atoms with E-state index in [0.29, 0.717) is 0 Å². The summed E-state index contributed by atoms with van der Waals surface area (Å²) in [6, 6.07) is 0. The molecule has 100 valence electrons. The monoisotopic (exact) mass is 237 g/mol. The Kier molecular flexibility index (Phi) is 8.42. The molecule has 1 fully saturated rings. The van der Waals surface area contributed by atoms with Gasteiger partial charge < -0.3 is 5.32 Å². The zero-order valence-corrected chi connectivity index (χ0v) is 11.7. The zero-order chi connectivity index (χ0) is 12.3. The van der Waals surface area contributed by atoms with Gasteiger partial charge in [-0.05, 0) is 44.2 Å². The SMILES string of the molecule is C=CCCCCCC1CCCCC1CNCC. The summed E-state index contributed by atoms with van der Waals surface area (Å²) in [5.41, 5.74) is 0. The molecule has 2 unspecified atom stereocenters. The molecule has 0 aromatic rings. The lowest BCUT2D eigenvalue weighted by molar-refractivity contribution is 0.214. The van der Waals surface area contributed by atoms with Crippen molar-refractivity contribution in [2.45, 2.75) is 64.7 Å². The third-order valence-electron chi connectivity index (χ3n) is 4.21. The molecule has 1 heteroatoms. The molecule has 1 rings (SSSR count). The summed E-state index contributed by atoms with van der Waals surface area (Å²) in [7, 11) is 0. The highest BCUT2D eigenvalue weighted by Gasteiger charge is 2.23. The molecule has 1 saturated carbocycles. The summed E-state index contributed by atoms with van der Waals surface area (Å²) in [4.78, 5) is 0. The number of hydrogen-bond donors (Lipinski definition) is 1. The van der Waals surface area contributed by atoms with E-state index in [2.05, 4.69) is 24.9 Å². The first-order valence-electron chi connectivity index (χ1n) is 7.70. The van der Waals surface area contributed by atoms with Gasteiger partial charge in [0.25, 0.3) is 0 Å². The van der Waals surface area contributed by atoms with Crippen LogP contribution >= 0.6 is 0 Å². The van der Waals surface area contributed by atoms with Gasteiger partial charge in [0.2, 0.25) is 0 Å². The molecule has 0 aromatic heterocycles. The van der Waals surface area contributed by atoms with Gasteiger partial charge in [0.1, 0.15) is 0 Å². The van der Waals surface area contributed by atoms with Crippen LogP contribution in [0.1, 0.15) is 64.7 Å². The van der Waals surface area contributed by atoms with Crippen LogP contribution in [0.25, 0.3) is 0 Å². The third-order valence-corrected chi connectivity index (χ3v) is 4.21. The van der Waals surface area contributed by atoms with E-state index >= 15 is 0 Å². The van der Waals surface area contributed by atoms with E-state index in [0.717, 1.165) is 18.4 Å². The highest BCUT2D eigenvalue weighted by atomic mass is 14.8. The maximum Gasteiger partial charge on any atom is -0.00180 e. The van der Waals surface area contributed by atoms with Gasteiger partial charge in [0.15, 0.2) is 0 Å². The minimum absolute atomic E-state index is 0.961. The first-order chi connectivity index (χ1) is 8.38. The molecular weight excluding hydrogens is 206 g/mol. The van der Waals surface area contributed by atoms with Gasteiger partial charge in [-0.25, -0.2) is 0 Å². The molecule has 1 aliphatic carbocycles. The van der Waals surface area contributed by atoms with Crippen LogP contribution < -0.4 is 5.32 Å². The molecule has 17 heavy (non-hydrogen) atoms. The number of rotatable bonds is 9. The lowest BCUT2D eigenvalue weighted by Crippen LogP contribution is -2.30. The molecule has 1 N–H and O–H groups in total. The van der Waals surface area contributed by atoms with Crippen LogP contribution in [0.2, 0.25) is 0 Å². The maximum absolute atomic E-state index is 3.79. The van der Waals surface area contributed by atoms with Crippen LogP contribution in [0.5, 0.6) is 0 Å². The Morgan fingerprint density at radius 2 is 1.88 bits per heavy atom. The Hall–Kier alpha value is -0.300. The van der Waals surface area contributed by atoms with E-state index in [4.69, 9.17) is 0 Å². The standard InChI is InChI=1S/C16H31N/c1-3-5-6-7-8-11-15-12-9-10-13-16(15)14-17-4-2/h3,15-17H,1,4-14H2,2H3. The van der Waals surface area contributed by atoms with Crippen LogP contribution in [0, 0.1) is 11.8 Å². The lowest BCUT2D eigenvalue weighted by atomic mass is 9.76. The van der Waals surface area contributed by atoms with Crippen molar-refractivity contribution in [1.29, 1.82) is 0 Å². The summed E-state index contributed by atoms with van der Waals surface area (Å²) in [5, 5.41) is 3.55. The fraction of sp³-hybridized carbons (Fsp3) is 0.875. The zero-order valence-electron chi connectivity index (χ0n) is 11.7. The minimum atomic E-state index is 0.961. The fourth-order valence-corrected chi connectivity index (χ4v) is 3.13. The Morgan fingerprint density at radius 3 is 2.59 bits per heavy atom. The average molecular weight is 237 g/mol. The fourth-order valence-electron chi connectivity index (χ4n) is 3.13. The lowest BCUT2D eigenvalue weighted by Gasteiger charge is -2.31. The van der Waals surface area contributed by atoms with Crippen LogP contribution in [0.3, 0.4) is 0 Å². The van der Waals surface area contributed by atoms with Gasteiger partial charge in [-0.15, -0.1) is 6.58 Å². The second-order valence-electron chi connectivity index (χ2n) is 5.54. The molecule has 0 bridgehead atoms. The topological polar surface area (TPSA) is 12.0 Å². The maximum atomic E-state index is 3.79. The van der Waals surface area contributed by atoms with Gasteiger partial charge in [-0.2, -0.15) is 0 Å². The number of hydrogen-bond acceptors (Lipinski definition) is 1. The Morgan fingerprint density at radius 1 is 1.12 bits per heavy atom.